The van der Waals surface area contributed by atoms with Crippen LogP contribution in [0.25, 0.3) is 0 Å². The number of nitrogens with zero attached hydrogens (tertiary/aromatic N) is 2. The molecular formula is C23H30N2O7S. The number of hydrogen-bond donors (Lipinski definition) is 1. The van der Waals surface area contributed by atoms with E-state index in [0.29, 0.717) is 19.4 Å². The van der Waals surface area contributed by atoms with E-state index in [1.54, 1.807) is 13.8 Å². The number of hydrogen-bond acceptors (Lipinski definition) is 7. The van der Waals surface area contributed by atoms with Crippen LogP contribution in [-0.2, 0) is 30.5 Å². The minimum atomic E-state index is -2.63. The fraction of sp³-hybridized carbons (Fsp3) is 0.565. The first-order chi connectivity index (χ1) is 15.7. The van der Waals surface area contributed by atoms with Crippen molar-refractivity contribution in [1.29, 1.82) is 0 Å². The molecule has 3 aliphatic rings. The molecular weight excluding hydrogens is 448 g/mol. The second-order valence-electron chi connectivity index (χ2n) is 9.12. The van der Waals surface area contributed by atoms with E-state index >= 15 is 0 Å². The number of carbonyl (C=O) groups excluding carboxylic acids is 4. The third kappa shape index (κ3) is 3.42. The van der Waals surface area contributed by atoms with Crippen molar-refractivity contribution in [3.8, 4) is 0 Å². The maximum absolute atomic E-state index is 14.0. The van der Waals surface area contributed by atoms with Gasteiger partial charge < -0.3 is 24.4 Å². The van der Waals surface area contributed by atoms with Crippen LogP contribution in [0, 0.1) is 0 Å². The normalized spacial score (nSPS) is 29.9. The quantitative estimate of drug-likeness (QED) is 0.508. The van der Waals surface area contributed by atoms with Gasteiger partial charge in [-0.05, 0) is 32.3 Å². The number of ether oxygens (including phenoxy) is 2. The lowest BCUT2D eigenvalue weighted by Gasteiger charge is -2.51. The Morgan fingerprint density at radius 3 is 2.48 bits per heavy atom. The molecule has 1 aromatic carbocycles. The van der Waals surface area contributed by atoms with Gasteiger partial charge in [-0.3, -0.25) is 9.59 Å². The molecule has 33 heavy (non-hydrogen) atoms. The lowest BCUT2D eigenvalue weighted by Crippen LogP contribution is -2.57. The molecule has 0 saturated carbocycles. The van der Waals surface area contributed by atoms with E-state index in [4.69, 9.17) is 9.47 Å². The van der Waals surface area contributed by atoms with Gasteiger partial charge in [0.2, 0.25) is 5.91 Å². The molecule has 3 heterocycles. The van der Waals surface area contributed by atoms with Crippen molar-refractivity contribution in [2.24, 2.45) is 0 Å². The number of amides is 2. The predicted molar refractivity (Wildman–Crippen MR) is 121 cm³/mol. The van der Waals surface area contributed by atoms with E-state index in [1.807, 2.05) is 30.3 Å². The zero-order chi connectivity index (χ0) is 24.0. The number of methoxy groups -OCH3 is 1. The van der Waals surface area contributed by atoms with Crippen molar-refractivity contribution in [2.75, 3.05) is 19.6 Å². The summed E-state index contributed by atoms with van der Waals surface area (Å²) in [6, 6.07) is 7.49. The highest BCUT2D eigenvalue weighted by Crippen LogP contribution is 2.74. The van der Waals surface area contributed by atoms with Crippen LogP contribution in [0.15, 0.2) is 30.3 Å². The van der Waals surface area contributed by atoms with E-state index in [-0.39, 0.29) is 24.2 Å². The highest BCUT2D eigenvalue weighted by molar-refractivity contribution is 8.46. The molecule has 0 radical (unpaired) electrons. The van der Waals surface area contributed by atoms with Crippen LogP contribution in [0.4, 0.5) is 4.79 Å². The lowest BCUT2D eigenvalue weighted by molar-refractivity contribution is -0.162. The van der Waals surface area contributed by atoms with Crippen LogP contribution in [-0.4, -0.2) is 79.8 Å². The van der Waals surface area contributed by atoms with Gasteiger partial charge in [0.1, 0.15) is 18.7 Å². The second-order valence-corrected chi connectivity index (χ2v) is 12.9. The van der Waals surface area contributed by atoms with Crippen molar-refractivity contribution >= 4 is 33.1 Å². The van der Waals surface area contributed by atoms with Crippen LogP contribution in [0.2, 0.25) is 0 Å². The number of aliphatic hydroxyl groups excluding tert-OH is 1. The molecule has 1 N–H and O–H groups in total. The maximum atomic E-state index is 14.0. The molecule has 2 amide bonds. The molecule has 0 unspecified atom stereocenters. The van der Waals surface area contributed by atoms with Gasteiger partial charge >= 0.3 is 11.9 Å². The molecule has 0 aliphatic carbocycles. The van der Waals surface area contributed by atoms with Gasteiger partial charge in [0, 0.05) is 11.3 Å². The monoisotopic (exact) mass is 478 g/mol. The fourth-order valence-electron chi connectivity index (χ4n) is 5.36. The first-order valence-corrected chi connectivity index (χ1v) is 12.9. The molecule has 180 valence electrons. The number of fused-ring (bicyclic) bond motifs is 1. The molecule has 4 rings (SSSR count). The summed E-state index contributed by atoms with van der Waals surface area (Å²) < 4.78 is 9.40. The van der Waals surface area contributed by atoms with Crippen LogP contribution in [0.3, 0.4) is 0 Å². The summed E-state index contributed by atoms with van der Waals surface area (Å²) >= 11 is 0. The largest absolute Gasteiger partial charge is 0.467 e. The molecule has 3 saturated heterocycles. The summed E-state index contributed by atoms with van der Waals surface area (Å²) in [6.45, 7) is 3.91. The molecule has 3 aliphatic heterocycles. The minimum absolute atomic E-state index is 0.0465. The van der Waals surface area contributed by atoms with E-state index < -0.39 is 50.1 Å². The van der Waals surface area contributed by atoms with Gasteiger partial charge in [-0.1, -0.05) is 30.3 Å². The zero-order valence-electron chi connectivity index (χ0n) is 19.1. The van der Waals surface area contributed by atoms with E-state index in [2.05, 4.69) is 0 Å². The molecule has 0 aromatic heterocycles. The van der Waals surface area contributed by atoms with E-state index in [1.165, 1.54) is 16.9 Å². The van der Waals surface area contributed by atoms with Gasteiger partial charge in [-0.25, -0.2) is 9.59 Å². The van der Waals surface area contributed by atoms with Gasteiger partial charge in [-0.2, -0.15) is 0 Å². The topological polar surface area (TPSA) is 113 Å². The second kappa shape index (κ2) is 8.64. The highest BCUT2D eigenvalue weighted by Gasteiger charge is 2.72. The zero-order valence-corrected chi connectivity index (χ0v) is 19.9. The van der Waals surface area contributed by atoms with E-state index in [9.17, 15) is 24.3 Å². The molecule has 4 atom stereocenters. The Hall–Kier alpha value is -2.59. The van der Waals surface area contributed by atoms with Crippen LogP contribution < -0.4 is 0 Å². The predicted octanol–water partition coefficient (Wildman–Crippen LogP) is 1.96. The summed E-state index contributed by atoms with van der Waals surface area (Å²) in [6.07, 6.45) is 1.21. The molecule has 3 fully saturated rings. The van der Waals surface area contributed by atoms with Crippen LogP contribution in [0.1, 0.15) is 38.7 Å². The summed E-state index contributed by atoms with van der Waals surface area (Å²) in [5.74, 6) is -1.80. The number of aliphatic hydroxyl groups is 1. The maximum Gasteiger partial charge on any atom is 0.330 e. The fourth-order valence-corrected chi connectivity index (χ4v) is 9.66. The third-order valence-corrected chi connectivity index (χ3v) is 11.9. The number of benzene rings is 1. The van der Waals surface area contributed by atoms with Gasteiger partial charge in [-0.15, -0.1) is 10.0 Å². The first-order valence-electron chi connectivity index (χ1n) is 11.0. The Morgan fingerprint density at radius 2 is 1.88 bits per heavy atom. The summed E-state index contributed by atoms with van der Waals surface area (Å²) in [4.78, 5) is 55.1. The van der Waals surface area contributed by atoms with E-state index in [0.717, 1.165) is 5.56 Å². The SMILES string of the molecule is COC(=O)[C@@H]1CCCN1C(=O)[S@]1(CO)[C@@H]2CC(=O)N2[C@@H](C(=O)OCc2ccccc2)C1(C)C. The molecule has 0 bridgehead atoms. The van der Waals surface area contributed by atoms with Crippen molar-refractivity contribution < 1.29 is 33.8 Å². The molecule has 9 nitrogen and oxygen atoms in total. The Bertz CT molecular complexity index is 969. The standard InChI is InChI=1S/C23H30N2O7S/c1-23(2)19(21(29)32-13-15-8-5-4-6-9-15)25-17(27)12-18(25)33(23,14-26)22(30)24-11-7-10-16(24)20(28)31-3/h4-6,8-9,16,18-19,26H,7,10-14H2,1-3H3/t16-,18+,19-/m0/s1. The van der Waals surface area contributed by atoms with Gasteiger partial charge in [0.15, 0.2) is 0 Å². The molecule has 1 aromatic rings. The Kier molecular flexibility index (Phi) is 6.17. The molecule has 10 heteroatoms. The summed E-state index contributed by atoms with van der Waals surface area (Å²) in [5.41, 5.74) is 0.808. The van der Waals surface area contributed by atoms with Crippen molar-refractivity contribution in [1.82, 2.24) is 9.80 Å². The summed E-state index contributed by atoms with van der Waals surface area (Å²) in [5, 5.41) is 9.76. The van der Waals surface area contributed by atoms with Crippen molar-refractivity contribution in [2.45, 2.75) is 61.9 Å². The van der Waals surface area contributed by atoms with Crippen molar-refractivity contribution in [3.05, 3.63) is 35.9 Å². The molecule has 0 spiro atoms. The van der Waals surface area contributed by atoms with Crippen molar-refractivity contribution in [3.63, 3.8) is 0 Å². The number of β-lactam (4-membered cyclic amide) rings is 1. The average Bonchev–Trinajstić information content (AvgIpc) is 3.35. The van der Waals surface area contributed by atoms with Gasteiger partial charge in [0.05, 0.1) is 24.8 Å². The number of carbonyl (C=O) groups is 4. The number of esters is 2. The van der Waals surface area contributed by atoms with Gasteiger partial charge in [0.25, 0.3) is 5.24 Å². The lowest BCUT2D eigenvalue weighted by atomic mass is 9.98. The minimum Gasteiger partial charge on any atom is -0.467 e. The summed E-state index contributed by atoms with van der Waals surface area (Å²) in [7, 11) is -1.35. The third-order valence-electron chi connectivity index (χ3n) is 7.21. The number of rotatable bonds is 5. The van der Waals surface area contributed by atoms with Crippen LogP contribution >= 0.6 is 10.0 Å². The highest BCUT2D eigenvalue weighted by atomic mass is 32.3. The Balaban J connectivity index is 1.65. The first kappa shape index (κ1) is 23.6. The smallest absolute Gasteiger partial charge is 0.330 e. The average molecular weight is 479 g/mol. The Labute approximate surface area is 194 Å². The Morgan fingerprint density at radius 1 is 1.18 bits per heavy atom. The van der Waals surface area contributed by atoms with Crippen LogP contribution in [0.5, 0.6) is 0 Å². The number of likely N-dealkylation sites (tertiary alicyclic amines) is 1.